The first kappa shape index (κ1) is 23.2. The third-order valence-corrected chi connectivity index (χ3v) is 7.02. The largest absolute Gasteiger partial charge is 0.430 e. The number of aliphatic hydroxyl groups is 1. The van der Waals surface area contributed by atoms with Crippen LogP contribution >= 0.6 is 0 Å². The minimum absolute atomic E-state index is 0.00545. The van der Waals surface area contributed by atoms with E-state index >= 15 is 0 Å². The normalized spacial score (nSPS) is 23.6. The van der Waals surface area contributed by atoms with E-state index in [9.17, 15) is 39.9 Å². The molecule has 12 heteroatoms. The molecule has 1 N–H and O–H groups in total. The molecule has 0 radical (unpaired) electrons. The van der Waals surface area contributed by atoms with Crippen molar-refractivity contribution in [3.8, 4) is 6.07 Å². The van der Waals surface area contributed by atoms with Gasteiger partial charge in [-0.15, -0.1) is 0 Å². The smallest absolute Gasteiger partial charge is 0.370 e. The number of hydrogen-bond donors (Lipinski definition) is 1. The van der Waals surface area contributed by atoms with Gasteiger partial charge in [0, 0.05) is 18.7 Å². The second kappa shape index (κ2) is 7.62. The van der Waals surface area contributed by atoms with Crippen molar-refractivity contribution in [3.63, 3.8) is 0 Å². The molecule has 0 saturated heterocycles. The fourth-order valence-corrected chi connectivity index (χ4v) is 4.77. The van der Waals surface area contributed by atoms with E-state index in [1.165, 1.54) is 18.2 Å². The van der Waals surface area contributed by atoms with Crippen molar-refractivity contribution in [1.29, 1.82) is 5.26 Å². The molecule has 5 nitrogen and oxygen atoms in total. The van der Waals surface area contributed by atoms with Crippen molar-refractivity contribution in [2.24, 2.45) is 0 Å². The number of alkyl halides is 6. The summed E-state index contributed by atoms with van der Waals surface area (Å²) in [6.07, 6.45) is -6.42. The molecule has 0 aliphatic heterocycles. The van der Waals surface area contributed by atoms with Crippen LogP contribution < -0.4 is 0 Å². The summed E-state index contributed by atoms with van der Waals surface area (Å²) in [5.74, 6) is 0. The Labute approximate surface area is 163 Å². The van der Waals surface area contributed by atoms with Gasteiger partial charge in [0.2, 0.25) is 10.0 Å². The zero-order valence-corrected chi connectivity index (χ0v) is 15.7. The Bertz CT molecular complexity index is 908. The second-order valence-corrected chi connectivity index (χ2v) is 8.65. The molecule has 29 heavy (non-hydrogen) atoms. The summed E-state index contributed by atoms with van der Waals surface area (Å²) in [6.45, 7) is 0. The van der Waals surface area contributed by atoms with Gasteiger partial charge < -0.3 is 5.11 Å². The second-order valence-electron chi connectivity index (χ2n) is 6.48. The van der Waals surface area contributed by atoms with Gasteiger partial charge in [-0.25, -0.2) is 8.42 Å². The average Bonchev–Trinajstić information content (AvgIpc) is 2.65. The number of likely N-dealkylation sites (N-methyl/N-ethyl adjacent to an activating group) is 1. The quantitative estimate of drug-likeness (QED) is 0.679. The fraction of sp³-hybridized carbons (Fsp3) is 0.471. The van der Waals surface area contributed by atoms with E-state index in [-0.39, 0.29) is 12.0 Å². The first-order valence-corrected chi connectivity index (χ1v) is 9.66. The molecule has 0 spiro atoms. The molecule has 0 amide bonds. The van der Waals surface area contributed by atoms with Crippen LogP contribution in [0.15, 0.2) is 47.6 Å². The molecule has 0 heterocycles. The molecular formula is C17H16F6N2O3S. The number of hydrogen-bond acceptors (Lipinski definition) is 4. The Kier molecular flexibility index (Phi) is 6.09. The lowest BCUT2D eigenvalue weighted by molar-refractivity contribution is -0.351. The molecule has 0 aromatic heterocycles. The molecule has 160 valence electrons. The van der Waals surface area contributed by atoms with Crippen molar-refractivity contribution in [3.05, 3.63) is 47.6 Å². The number of halogens is 6. The first-order valence-electron chi connectivity index (χ1n) is 8.16. The van der Waals surface area contributed by atoms with Crippen LogP contribution in [0.25, 0.3) is 0 Å². The minimum Gasteiger partial charge on any atom is -0.370 e. The van der Waals surface area contributed by atoms with E-state index in [0.29, 0.717) is 12.2 Å². The Morgan fingerprint density at radius 3 is 2.21 bits per heavy atom. The third kappa shape index (κ3) is 3.99. The average molecular weight is 442 g/mol. The van der Waals surface area contributed by atoms with E-state index in [0.717, 1.165) is 17.4 Å². The molecular weight excluding hydrogens is 426 g/mol. The molecule has 0 fully saturated rings. The molecule has 0 bridgehead atoms. The highest BCUT2D eigenvalue weighted by molar-refractivity contribution is 7.90. The number of nitriles is 1. The number of sulfonamides is 1. The van der Waals surface area contributed by atoms with Crippen LogP contribution in [0, 0.1) is 11.3 Å². The van der Waals surface area contributed by atoms with E-state index in [2.05, 4.69) is 0 Å². The lowest BCUT2D eigenvalue weighted by atomic mass is 9.87. The van der Waals surface area contributed by atoms with Gasteiger partial charge in [0.15, 0.2) is 0 Å². The molecule has 2 atom stereocenters. The summed E-state index contributed by atoms with van der Waals surface area (Å²) in [6, 6.07) is 0.686. The van der Waals surface area contributed by atoms with E-state index in [1.807, 2.05) is 0 Å². The summed E-state index contributed by atoms with van der Waals surface area (Å²) in [5.41, 5.74) is -6.53. The zero-order chi connectivity index (χ0) is 22.3. The standard InChI is InChI=1S/C17H16F6N2O3S/c1-25(29(27,28)14-5-3-2-4-11(14)10-24)13-8-6-12(7-9-13)15(26,16(18,19)20)17(21,22)23/h2-4,6-8,13-14,26H,5,9H2,1H3. The molecule has 2 aliphatic carbocycles. The van der Waals surface area contributed by atoms with Crippen LogP contribution in [-0.4, -0.2) is 54.1 Å². The maximum atomic E-state index is 13.0. The molecule has 0 aromatic carbocycles. The maximum absolute atomic E-state index is 13.0. The summed E-state index contributed by atoms with van der Waals surface area (Å²) in [4.78, 5) is 0. The van der Waals surface area contributed by atoms with Crippen molar-refractivity contribution < 1.29 is 39.9 Å². The van der Waals surface area contributed by atoms with Crippen molar-refractivity contribution in [1.82, 2.24) is 4.31 Å². The number of rotatable bonds is 4. The van der Waals surface area contributed by atoms with Gasteiger partial charge in [-0.2, -0.15) is 35.9 Å². The third-order valence-electron chi connectivity index (χ3n) is 4.78. The Hall–Kier alpha value is -2.10. The molecule has 2 unspecified atom stereocenters. The van der Waals surface area contributed by atoms with Gasteiger partial charge in [0.05, 0.1) is 6.07 Å². The van der Waals surface area contributed by atoms with Gasteiger partial charge in [-0.05, 0) is 24.5 Å². The van der Waals surface area contributed by atoms with Gasteiger partial charge in [-0.3, -0.25) is 0 Å². The van der Waals surface area contributed by atoms with Crippen LogP contribution in [0.5, 0.6) is 0 Å². The Morgan fingerprint density at radius 2 is 1.76 bits per heavy atom. The predicted molar refractivity (Wildman–Crippen MR) is 90.6 cm³/mol. The maximum Gasteiger partial charge on any atom is 0.430 e. The summed E-state index contributed by atoms with van der Waals surface area (Å²) in [7, 11) is -3.01. The SMILES string of the molecule is CN(C1C=CC(C(O)(C(F)(F)F)C(F)(F)F)=CC1)S(=O)(=O)C1CC=CC=C1C#N. The lowest BCUT2D eigenvalue weighted by Gasteiger charge is -2.36. The highest BCUT2D eigenvalue weighted by atomic mass is 32.2. The molecule has 0 saturated carbocycles. The Morgan fingerprint density at radius 1 is 1.17 bits per heavy atom. The lowest BCUT2D eigenvalue weighted by Crippen LogP contribution is -2.58. The van der Waals surface area contributed by atoms with Crippen LogP contribution in [0.1, 0.15) is 12.8 Å². The van der Waals surface area contributed by atoms with Crippen molar-refractivity contribution >= 4 is 10.0 Å². The summed E-state index contributed by atoms with van der Waals surface area (Å²) < 4.78 is 104. The highest BCUT2D eigenvalue weighted by Crippen LogP contribution is 2.48. The number of nitrogens with zero attached hydrogens (tertiary/aromatic N) is 2. The van der Waals surface area contributed by atoms with Gasteiger partial charge in [0.1, 0.15) is 5.25 Å². The molecule has 2 rings (SSSR count). The summed E-state index contributed by atoms with van der Waals surface area (Å²) >= 11 is 0. The van der Waals surface area contributed by atoms with Gasteiger partial charge >= 0.3 is 12.4 Å². The Balaban J connectivity index is 2.29. The van der Waals surface area contributed by atoms with E-state index in [1.54, 1.807) is 6.07 Å². The van der Waals surface area contributed by atoms with Gasteiger partial charge in [-0.1, -0.05) is 30.4 Å². The predicted octanol–water partition coefficient (Wildman–Crippen LogP) is 3.14. The molecule has 2 aliphatic rings. The summed E-state index contributed by atoms with van der Waals surface area (Å²) in [5, 5.41) is 17.3. The van der Waals surface area contributed by atoms with Crippen LogP contribution in [0.3, 0.4) is 0 Å². The van der Waals surface area contributed by atoms with E-state index < -0.39 is 51.3 Å². The number of allylic oxidation sites excluding steroid dienone is 3. The monoisotopic (exact) mass is 442 g/mol. The zero-order valence-electron chi connectivity index (χ0n) is 14.9. The van der Waals surface area contributed by atoms with Crippen LogP contribution in [-0.2, 0) is 10.0 Å². The van der Waals surface area contributed by atoms with Crippen LogP contribution in [0.2, 0.25) is 0 Å². The first-order chi connectivity index (χ1) is 13.2. The van der Waals surface area contributed by atoms with Crippen molar-refractivity contribution in [2.75, 3.05) is 7.05 Å². The van der Waals surface area contributed by atoms with Gasteiger partial charge in [0.25, 0.3) is 5.60 Å². The molecule has 0 aromatic rings. The topological polar surface area (TPSA) is 81.4 Å². The highest BCUT2D eigenvalue weighted by Gasteiger charge is 2.71. The van der Waals surface area contributed by atoms with Crippen LogP contribution in [0.4, 0.5) is 26.3 Å². The minimum atomic E-state index is -6.02. The fourth-order valence-electron chi connectivity index (χ4n) is 3.02. The van der Waals surface area contributed by atoms with E-state index in [4.69, 9.17) is 5.26 Å². The van der Waals surface area contributed by atoms with Crippen molar-refractivity contribution in [2.45, 2.75) is 42.1 Å².